The average molecular weight is 253 g/mol. The summed E-state index contributed by atoms with van der Waals surface area (Å²) in [5.74, 6) is 0. The van der Waals surface area contributed by atoms with Gasteiger partial charge in [-0.15, -0.1) is 0 Å². The Balaban J connectivity index is 2.15. The first-order valence-electron chi connectivity index (χ1n) is 6.56. The van der Waals surface area contributed by atoms with Gasteiger partial charge in [0.25, 0.3) is 0 Å². The van der Waals surface area contributed by atoms with E-state index in [1.54, 1.807) is 0 Å². The SMILES string of the molecule is CCCNCc1c(Cl)cccc1N1CCCC1. The Labute approximate surface area is 109 Å². The molecule has 1 saturated heterocycles. The molecule has 1 aliphatic heterocycles. The van der Waals surface area contributed by atoms with Gasteiger partial charge in [-0.3, -0.25) is 0 Å². The second kappa shape index (κ2) is 6.27. The summed E-state index contributed by atoms with van der Waals surface area (Å²) in [5, 5.41) is 4.33. The van der Waals surface area contributed by atoms with Gasteiger partial charge < -0.3 is 10.2 Å². The van der Waals surface area contributed by atoms with E-state index in [0.717, 1.165) is 24.5 Å². The van der Waals surface area contributed by atoms with Crippen molar-refractivity contribution >= 4 is 17.3 Å². The van der Waals surface area contributed by atoms with Gasteiger partial charge in [-0.05, 0) is 37.9 Å². The Morgan fingerprint density at radius 1 is 1.29 bits per heavy atom. The third-order valence-corrected chi connectivity index (χ3v) is 3.62. The maximum absolute atomic E-state index is 6.32. The molecular weight excluding hydrogens is 232 g/mol. The smallest absolute Gasteiger partial charge is 0.0471 e. The second-order valence-electron chi connectivity index (χ2n) is 4.61. The summed E-state index contributed by atoms with van der Waals surface area (Å²) >= 11 is 6.32. The molecule has 1 fully saturated rings. The molecule has 1 aromatic carbocycles. The number of halogens is 1. The highest BCUT2D eigenvalue weighted by Gasteiger charge is 2.16. The normalized spacial score (nSPS) is 15.5. The quantitative estimate of drug-likeness (QED) is 0.808. The number of nitrogens with one attached hydrogen (secondary N) is 1. The fraction of sp³-hybridized carbons (Fsp3) is 0.571. The summed E-state index contributed by atoms with van der Waals surface area (Å²) in [5.41, 5.74) is 2.57. The number of anilines is 1. The number of rotatable bonds is 5. The summed E-state index contributed by atoms with van der Waals surface area (Å²) in [7, 11) is 0. The minimum absolute atomic E-state index is 0.874. The summed E-state index contributed by atoms with van der Waals surface area (Å²) in [6.45, 7) is 6.44. The van der Waals surface area contributed by atoms with Gasteiger partial charge in [0.15, 0.2) is 0 Å². The molecule has 1 N–H and O–H groups in total. The Bertz CT molecular complexity index is 359. The van der Waals surface area contributed by atoms with Crippen molar-refractivity contribution in [2.45, 2.75) is 32.7 Å². The molecule has 2 rings (SSSR count). The lowest BCUT2D eigenvalue weighted by atomic mass is 10.1. The van der Waals surface area contributed by atoms with E-state index in [1.807, 2.05) is 6.07 Å². The molecule has 17 heavy (non-hydrogen) atoms. The molecule has 2 nitrogen and oxygen atoms in total. The first-order chi connectivity index (χ1) is 8.33. The van der Waals surface area contributed by atoms with Crippen LogP contribution in [0.1, 0.15) is 31.7 Å². The lowest BCUT2D eigenvalue weighted by Gasteiger charge is -2.22. The lowest BCUT2D eigenvalue weighted by Crippen LogP contribution is -2.22. The van der Waals surface area contributed by atoms with Crippen molar-refractivity contribution in [2.24, 2.45) is 0 Å². The van der Waals surface area contributed by atoms with Crippen LogP contribution < -0.4 is 10.2 Å². The molecule has 0 bridgehead atoms. The lowest BCUT2D eigenvalue weighted by molar-refractivity contribution is 0.674. The van der Waals surface area contributed by atoms with Gasteiger partial charge in [-0.2, -0.15) is 0 Å². The highest BCUT2D eigenvalue weighted by Crippen LogP contribution is 2.29. The maximum atomic E-state index is 6.32. The van der Waals surface area contributed by atoms with E-state index in [2.05, 4.69) is 29.3 Å². The molecule has 3 heteroatoms. The van der Waals surface area contributed by atoms with Crippen LogP contribution in [0.5, 0.6) is 0 Å². The Morgan fingerprint density at radius 2 is 2.06 bits per heavy atom. The number of benzene rings is 1. The van der Waals surface area contributed by atoms with Crippen LogP contribution in [0.4, 0.5) is 5.69 Å². The molecule has 1 aliphatic rings. The maximum Gasteiger partial charge on any atom is 0.0471 e. The number of hydrogen-bond donors (Lipinski definition) is 1. The summed E-state index contributed by atoms with van der Waals surface area (Å²) < 4.78 is 0. The molecule has 94 valence electrons. The van der Waals surface area contributed by atoms with Gasteiger partial charge in [0.05, 0.1) is 0 Å². The van der Waals surface area contributed by atoms with E-state index in [-0.39, 0.29) is 0 Å². The van der Waals surface area contributed by atoms with Crippen LogP contribution in [0.2, 0.25) is 5.02 Å². The first-order valence-corrected chi connectivity index (χ1v) is 6.93. The van der Waals surface area contributed by atoms with Crippen molar-refractivity contribution in [3.8, 4) is 0 Å². The highest BCUT2D eigenvalue weighted by atomic mass is 35.5. The molecule has 0 aromatic heterocycles. The van der Waals surface area contributed by atoms with E-state index >= 15 is 0 Å². The van der Waals surface area contributed by atoms with Gasteiger partial charge in [0.2, 0.25) is 0 Å². The second-order valence-corrected chi connectivity index (χ2v) is 5.02. The van der Waals surface area contributed by atoms with Crippen molar-refractivity contribution in [1.82, 2.24) is 5.32 Å². The van der Waals surface area contributed by atoms with Crippen molar-refractivity contribution in [1.29, 1.82) is 0 Å². The van der Waals surface area contributed by atoms with Crippen LogP contribution in [0, 0.1) is 0 Å². The van der Waals surface area contributed by atoms with Crippen LogP contribution in [0.25, 0.3) is 0 Å². The molecule has 0 radical (unpaired) electrons. The van der Waals surface area contributed by atoms with Crippen molar-refractivity contribution < 1.29 is 0 Å². The van der Waals surface area contributed by atoms with Crippen LogP contribution in [-0.4, -0.2) is 19.6 Å². The van der Waals surface area contributed by atoms with Crippen molar-refractivity contribution in [2.75, 3.05) is 24.5 Å². The van der Waals surface area contributed by atoms with Gasteiger partial charge in [0, 0.05) is 35.9 Å². The molecule has 1 aromatic rings. The largest absolute Gasteiger partial charge is 0.371 e. The molecule has 0 atom stereocenters. The highest BCUT2D eigenvalue weighted by molar-refractivity contribution is 6.31. The predicted molar refractivity (Wildman–Crippen MR) is 74.9 cm³/mol. The fourth-order valence-corrected chi connectivity index (χ4v) is 2.60. The molecule has 1 heterocycles. The molecule has 0 amide bonds. The number of nitrogens with zero attached hydrogens (tertiary/aromatic N) is 1. The minimum atomic E-state index is 0.874. The molecular formula is C14H21ClN2. The number of hydrogen-bond acceptors (Lipinski definition) is 2. The van der Waals surface area contributed by atoms with Crippen LogP contribution in [0.15, 0.2) is 18.2 Å². The zero-order valence-electron chi connectivity index (χ0n) is 10.5. The van der Waals surface area contributed by atoms with Gasteiger partial charge >= 0.3 is 0 Å². The average Bonchev–Trinajstić information content (AvgIpc) is 2.85. The van der Waals surface area contributed by atoms with Gasteiger partial charge in [-0.1, -0.05) is 24.6 Å². The van der Waals surface area contributed by atoms with E-state index in [0.29, 0.717) is 0 Å². The fourth-order valence-electron chi connectivity index (χ4n) is 2.37. The Kier molecular flexibility index (Phi) is 4.69. The summed E-state index contributed by atoms with van der Waals surface area (Å²) in [4.78, 5) is 2.45. The van der Waals surface area contributed by atoms with Gasteiger partial charge in [-0.25, -0.2) is 0 Å². The third kappa shape index (κ3) is 3.14. The predicted octanol–water partition coefficient (Wildman–Crippen LogP) is 3.44. The monoisotopic (exact) mass is 252 g/mol. The van der Waals surface area contributed by atoms with Crippen LogP contribution in [0.3, 0.4) is 0 Å². The molecule has 0 saturated carbocycles. The first kappa shape index (κ1) is 12.7. The zero-order chi connectivity index (χ0) is 12.1. The summed E-state index contributed by atoms with van der Waals surface area (Å²) in [6, 6.07) is 6.24. The standard InChI is InChI=1S/C14H21ClN2/c1-2-8-16-11-12-13(15)6-5-7-14(12)17-9-3-4-10-17/h5-7,16H,2-4,8-11H2,1H3. The Hall–Kier alpha value is -0.730. The van der Waals surface area contributed by atoms with Crippen molar-refractivity contribution in [3.63, 3.8) is 0 Å². The Morgan fingerprint density at radius 3 is 2.76 bits per heavy atom. The summed E-state index contributed by atoms with van der Waals surface area (Å²) in [6.07, 6.45) is 3.76. The zero-order valence-corrected chi connectivity index (χ0v) is 11.3. The topological polar surface area (TPSA) is 15.3 Å². The van der Waals surface area contributed by atoms with E-state index in [1.165, 1.54) is 37.2 Å². The van der Waals surface area contributed by atoms with Crippen LogP contribution >= 0.6 is 11.6 Å². The minimum Gasteiger partial charge on any atom is -0.371 e. The molecule has 0 aliphatic carbocycles. The van der Waals surface area contributed by atoms with E-state index in [9.17, 15) is 0 Å². The van der Waals surface area contributed by atoms with Crippen LogP contribution in [-0.2, 0) is 6.54 Å². The van der Waals surface area contributed by atoms with E-state index < -0.39 is 0 Å². The van der Waals surface area contributed by atoms with Crippen molar-refractivity contribution in [3.05, 3.63) is 28.8 Å². The third-order valence-electron chi connectivity index (χ3n) is 3.27. The van der Waals surface area contributed by atoms with E-state index in [4.69, 9.17) is 11.6 Å². The van der Waals surface area contributed by atoms with Gasteiger partial charge in [0.1, 0.15) is 0 Å². The molecule has 0 spiro atoms. The molecule has 0 unspecified atom stereocenters.